The van der Waals surface area contributed by atoms with Gasteiger partial charge in [-0.25, -0.2) is 4.79 Å². The Kier molecular flexibility index (Phi) is 7.10. The molecule has 2 unspecified atom stereocenters. The zero-order chi connectivity index (χ0) is 22.8. The molecule has 0 radical (unpaired) electrons. The minimum Gasteiger partial charge on any atom is -0.480 e. The second-order valence-electron chi connectivity index (χ2n) is 6.87. The maximum atomic E-state index is 13.1. The molecule has 1 saturated heterocycles. The van der Waals surface area contributed by atoms with Crippen LogP contribution in [0.2, 0.25) is 0 Å². The number of carboxylic acids is 1. The van der Waals surface area contributed by atoms with E-state index in [9.17, 15) is 32.7 Å². The first-order valence-corrected chi connectivity index (χ1v) is 11.1. The van der Waals surface area contributed by atoms with Crippen molar-refractivity contribution in [3.8, 4) is 0 Å². The summed E-state index contributed by atoms with van der Waals surface area (Å²) >= 11 is 4.27. The summed E-state index contributed by atoms with van der Waals surface area (Å²) in [6.07, 6.45) is -4.89. The summed E-state index contributed by atoms with van der Waals surface area (Å²) in [5, 5.41) is 8.64. The fourth-order valence-corrected chi connectivity index (χ4v) is 5.23. The van der Waals surface area contributed by atoms with Crippen LogP contribution in [0, 0.1) is 0 Å². The van der Waals surface area contributed by atoms with Crippen LogP contribution in [0.25, 0.3) is 0 Å². The van der Waals surface area contributed by atoms with E-state index in [1.807, 2.05) is 0 Å². The Morgan fingerprint density at radius 2 is 1.81 bits per heavy atom. The van der Waals surface area contributed by atoms with Crippen LogP contribution in [0.1, 0.15) is 33.3 Å². The number of hydrogen-bond acceptors (Lipinski definition) is 4. The van der Waals surface area contributed by atoms with Crippen LogP contribution < -0.4 is 0 Å². The smallest absolute Gasteiger partial charge is 0.416 e. The van der Waals surface area contributed by atoms with Gasteiger partial charge in [0, 0.05) is 17.7 Å². The average Bonchev–Trinajstić information content (AvgIpc) is 3.19. The van der Waals surface area contributed by atoms with Crippen molar-refractivity contribution in [1.82, 2.24) is 4.90 Å². The van der Waals surface area contributed by atoms with Gasteiger partial charge in [0.05, 0.1) is 10.4 Å². The fourth-order valence-electron chi connectivity index (χ4n) is 3.26. The number of Topliss-reactive ketones (excluding diaryl/α,β-unsaturated/α-hetero) is 1. The molecule has 1 aliphatic rings. The molecule has 0 aliphatic carbocycles. The number of benzene rings is 2. The molecule has 1 aliphatic heterocycles. The molecular formula is C21H17BrF3NO4S. The van der Waals surface area contributed by atoms with E-state index >= 15 is 0 Å². The third-order valence-corrected chi connectivity index (χ3v) is 6.83. The first-order valence-electron chi connectivity index (χ1n) is 9.15. The molecule has 1 heterocycles. The molecule has 1 fully saturated rings. The highest BCUT2D eigenvalue weighted by Gasteiger charge is 2.43. The summed E-state index contributed by atoms with van der Waals surface area (Å²) in [5.41, 5.74) is -0.316. The van der Waals surface area contributed by atoms with Crippen LogP contribution in [0.15, 0.2) is 54.6 Å². The number of alkyl halides is 4. The minimum absolute atomic E-state index is 0.0293. The van der Waals surface area contributed by atoms with E-state index in [2.05, 4.69) is 15.9 Å². The number of nitrogens with zero attached hydrogens (tertiary/aromatic N) is 1. The van der Waals surface area contributed by atoms with Crippen molar-refractivity contribution < 1.29 is 32.7 Å². The molecule has 31 heavy (non-hydrogen) atoms. The van der Waals surface area contributed by atoms with E-state index in [-0.39, 0.29) is 23.5 Å². The summed E-state index contributed by atoms with van der Waals surface area (Å²) in [4.78, 5) is 37.4. The number of ketones is 1. The summed E-state index contributed by atoms with van der Waals surface area (Å²) in [7, 11) is 0. The third kappa shape index (κ3) is 5.30. The second-order valence-corrected chi connectivity index (χ2v) is 9.08. The Morgan fingerprint density at radius 3 is 2.42 bits per heavy atom. The van der Waals surface area contributed by atoms with Crippen LogP contribution in [-0.4, -0.2) is 44.3 Å². The summed E-state index contributed by atoms with van der Waals surface area (Å²) < 4.78 is 39.3. The van der Waals surface area contributed by atoms with Crippen LogP contribution in [0.3, 0.4) is 0 Å². The maximum absolute atomic E-state index is 13.1. The number of aliphatic carboxylic acids is 1. The normalized spacial score (nSPS) is 19.8. The van der Waals surface area contributed by atoms with E-state index < -0.39 is 39.9 Å². The first-order chi connectivity index (χ1) is 14.6. The van der Waals surface area contributed by atoms with Gasteiger partial charge in [0.1, 0.15) is 11.4 Å². The number of halogens is 4. The lowest BCUT2D eigenvalue weighted by atomic mass is 10.0. The van der Waals surface area contributed by atoms with Crippen molar-refractivity contribution in [3.63, 3.8) is 0 Å². The van der Waals surface area contributed by atoms with Crippen molar-refractivity contribution in [2.24, 2.45) is 0 Å². The van der Waals surface area contributed by atoms with Crippen LogP contribution >= 0.6 is 27.7 Å². The lowest BCUT2D eigenvalue weighted by Crippen LogP contribution is -2.44. The first kappa shape index (κ1) is 23.3. The average molecular weight is 516 g/mol. The molecule has 0 aromatic heterocycles. The SMILES string of the molecule is O=C(c1ccccc1)C(Br)CC(=O)N1C(c2cccc(C(F)(F)F)c2)SC[C@H]1C(=O)O. The Bertz CT molecular complexity index is 986. The van der Waals surface area contributed by atoms with E-state index in [1.165, 1.54) is 12.1 Å². The van der Waals surface area contributed by atoms with E-state index in [0.717, 1.165) is 28.8 Å². The van der Waals surface area contributed by atoms with Crippen molar-refractivity contribution in [2.45, 2.75) is 28.8 Å². The largest absolute Gasteiger partial charge is 0.480 e. The van der Waals surface area contributed by atoms with Crippen LogP contribution in [0.4, 0.5) is 13.2 Å². The summed E-state index contributed by atoms with van der Waals surface area (Å²) in [5.74, 6) is -2.20. The summed E-state index contributed by atoms with van der Waals surface area (Å²) in [6, 6.07) is 11.6. The number of carbonyl (C=O) groups is 3. The molecule has 0 saturated carbocycles. The van der Waals surface area contributed by atoms with Gasteiger partial charge in [-0.05, 0) is 17.7 Å². The predicted octanol–water partition coefficient (Wildman–Crippen LogP) is 4.77. The molecule has 164 valence electrons. The fraction of sp³-hybridized carbons (Fsp3) is 0.286. The van der Waals surface area contributed by atoms with Gasteiger partial charge in [-0.15, -0.1) is 11.8 Å². The second kappa shape index (κ2) is 9.44. The molecule has 0 spiro atoms. The number of rotatable bonds is 6. The molecule has 10 heteroatoms. The van der Waals surface area contributed by atoms with Crippen molar-refractivity contribution in [1.29, 1.82) is 0 Å². The molecule has 1 amide bonds. The molecule has 1 N–H and O–H groups in total. The molecule has 2 aromatic rings. The Morgan fingerprint density at radius 1 is 1.13 bits per heavy atom. The predicted molar refractivity (Wildman–Crippen MR) is 113 cm³/mol. The van der Waals surface area contributed by atoms with Gasteiger partial charge >= 0.3 is 12.1 Å². The highest BCUT2D eigenvalue weighted by molar-refractivity contribution is 9.10. The lowest BCUT2D eigenvalue weighted by Gasteiger charge is -2.28. The summed E-state index contributed by atoms with van der Waals surface area (Å²) in [6.45, 7) is 0. The third-order valence-electron chi connectivity index (χ3n) is 4.77. The Hall–Kier alpha value is -2.33. The number of thioether (sulfide) groups is 1. The maximum Gasteiger partial charge on any atom is 0.416 e. The van der Waals surface area contributed by atoms with Crippen molar-refractivity contribution >= 4 is 45.4 Å². The van der Waals surface area contributed by atoms with Crippen molar-refractivity contribution in [2.75, 3.05) is 5.75 Å². The Labute approximate surface area is 188 Å². The zero-order valence-corrected chi connectivity index (χ0v) is 18.3. The van der Waals surface area contributed by atoms with Gasteiger partial charge in [0.25, 0.3) is 0 Å². The highest BCUT2D eigenvalue weighted by Crippen LogP contribution is 2.43. The monoisotopic (exact) mass is 515 g/mol. The van der Waals surface area contributed by atoms with Gasteiger partial charge in [-0.1, -0.05) is 58.4 Å². The molecule has 5 nitrogen and oxygen atoms in total. The molecular weight excluding hydrogens is 499 g/mol. The zero-order valence-electron chi connectivity index (χ0n) is 15.9. The minimum atomic E-state index is -4.57. The quantitative estimate of drug-likeness (QED) is 0.443. The van der Waals surface area contributed by atoms with Gasteiger partial charge in [-0.3, -0.25) is 9.59 Å². The molecule has 3 rings (SSSR count). The van der Waals surface area contributed by atoms with Gasteiger partial charge in [0.2, 0.25) is 5.91 Å². The Balaban J connectivity index is 1.85. The van der Waals surface area contributed by atoms with Gasteiger partial charge in [0.15, 0.2) is 5.78 Å². The number of carbonyl (C=O) groups excluding carboxylic acids is 2. The molecule has 0 bridgehead atoms. The lowest BCUT2D eigenvalue weighted by molar-refractivity contribution is -0.149. The van der Waals surface area contributed by atoms with Crippen molar-refractivity contribution in [3.05, 3.63) is 71.3 Å². The topological polar surface area (TPSA) is 74.7 Å². The van der Waals surface area contributed by atoms with E-state index in [0.29, 0.717) is 5.56 Å². The van der Waals surface area contributed by atoms with Gasteiger partial charge in [-0.2, -0.15) is 13.2 Å². The van der Waals surface area contributed by atoms with Crippen LogP contribution in [0.5, 0.6) is 0 Å². The number of hydrogen-bond donors (Lipinski definition) is 1. The number of carboxylic acid groups (broad SMARTS) is 1. The standard InChI is InChI=1S/C21H17BrF3NO4S/c22-15(18(28)12-5-2-1-3-6-12)10-17(27)26-16(20(29)30)11-31-19(26)13-7-4-8-14(9-13)21(23,24)25/h1-9,15-16,19H,10-11H2,(H,29,30)/t15?,16-,19?/m0/s1. The molecule has 2 aromatic carbocycles. The van der Waals surface area contributed by atoms with Crippen LogP contribution in [-0.2, 0) is 15.8 Å². The number of amides is 1. The highest BCUT2D eigenvalue weighted by atomic mass is 79.9. The van der Waals surface area contributed by atoms with E-state index in [4.69, 9.17) is 0 Å². The van der Waals surface area contributed by atoms with E-state index in [1.54, 1.807) is 30.3 Å². The molecule has 3 atom stereocenters. The van der Waals surface area contributed by atoms with Gasteiger partial charge < -0.3 is 10.0 Å².